The summed E-state index contributed by atoms with van der Waals surface area (Å²) in [5, 5.41) is 0. The molecule has 0 saturated carbocycles. The maximum Gasteiger partial charge on any atom is 0.250 e. The van der Waals surface area contributed by atoms with Crippen LogP contribution in [0.4, 0.5) is 8.78 Å². The van der Waals surface area contributed by atoms with Crippen LogP contribution in [0.2, 0.25) is 0 Å². The summed E-state index contributed by atoms with van der Waals surface area (Å²) in [6.07, 6.45) is -0.116. The zero-order chi connectivity index (χ0) is 9.19. The van der Waals surface area contributed by atoms with Gasteiger partial charge in [-0.1, -0.05) is 0 Å². The minimum Gasteiger partial charge on any atom is -0.364 e. The van der Waals surface area contributed by atoms with Crippen LogP contribution in [-0.2, 0) is 4.52 Å². The third-order valence-corrected chi connectivity index (χ3v) is 2.47. The van der Waals surface area contributed by atoms with Crippen LogP contribution in [0.3, 0.4) is 0 Å². The monoisotopic (exact) mass is 197 g/mol. The Morgan fingerprint density at radius 1 is 1.67 bits per heavy atom. The van der Waals surface area contributed by atoms with Gasteiger partial charge in [0.2, 0.25) is 0 Å². The second kappa shape index (κ2) is 3.95. The fourth-order valence-electron chi connectivity index (χ4n) is 1.42. The number of rotatable bonds is 2. The number of likely N-dealkylation sites (N-methyl/N-ethyl adjacent to an activating group) is 1. The lowest BCUT2D eigenvalue weighted by Gasteiger charge is -2.36. The number of halogens is 2. The molecule has 0 aliphatic carbocycles. The summed E-state index contributed by atoms with van der Waals surface area (Å²) in [4.78, 5) is 1.92. The third-order valence-electron chi connectivity index (χ3n) is 2.28. The van der Waals surface area contributed by atoms with Gasteiger partial charge in [0.15, 0.2) is 0 Å². The molecule has 12 heavy (non-hydrogen) atoms. The Labute approximate surface area is 73.5 Å². The van der Waals surface area contributed by atoms with Crippen molar-refractivity contribution >= 4 is 9.47 Å². The largest absolute Gasteiger partial charge is 0.364 e. The smallest absolute Gasteiger partial charge is 0.250 e. The Kier molecular flexibility index (Phi) is 3.38. The van der Waals surface area contributed by atoms with Gasteiger partial charge in [0, 0.05) is 34.9 Å². The molecule has 0 N–H and O–H groups in total. The molecule has 0 aromatic heterocycles. The molecule has 2 atom stereocenters. The van der Waals surface area contributed by atoms with Gasteiger partial charge in [-0.2, -0.15) is 0 Å². The van der Waals surface area contributed by atoms with Gasteiger partial charge in [0.1, 0.15) is 0 Å². The van der Waals surface area contributed by atoms with Crippen LogP contribution in [0, 0.1) is 0 Å². The quantitative estimate of drug-likeness (QED) is 0.622. The first kappa shape index (κ1) is 10.3. The first-order valence-electron chi connectivity index (χ1n) is 3.95. The van der Waals surface area contributed by atoms with Crippen LogP contribution >= 0.6 is 9.47 Å². The molecule has 2 nitrogen and oxygen atoms in total. The van der Waals surface area contributed by atoms with E-state index in [9.17, 15) is 8.78 Å². The van der Waals surface area contributed by atoms with Crippen LogP contribution in [0.5, 0.6) is 0 Å². The molecule has 1 aliphatic heterocycles. The average molecular weight is 197 g/mol. The van der Waals surface area contributed by atoms with Gasteiger partial charge in [-0.05, 0) is 7.05 Å². The SMILES string of the molecule is CN1CCC(F)(F)CC1COP. The van der Waals surface area contributed by atoms with Crippen molar-refractivity contribution in [3.63, 3.8) is 0 Å². The van der Waals surface area contributed by atoms with E-state index in [0.717, 1.165) is 0 Å². The molecule has 5 heteroatoms. The topological polar surface area (TPSA) is 12.5 Å². The van der Waals surface area contributed by atoms with Crippen LogP contribution in [0.1, 0.15) is 12.8 Å². The Balaban J connectivity index is 2.47. The molecule has 0 radical (unpaired) electrons. The molecular formula is C7H14F2NOP. The Bertz CT molecular complexity index is 156. The van der Waals surface area contributed by atoms with Crippen molar-refractivity contribution in [3.05, 3.63) is 0 Å². The fraction of sp³-hybridized carbons (Fsp3) is 1.00. The van der Waals surface area contributed by atoms with Crippen molar-refractivity contribution in [2.75, 3.05) is 20.2 Å². The Morgan fingerprint density at radius 3 is 2.92 bits per heavy atom. The minimum absolute atomic E-state index is 0.0309. The number of likely N-dealkylation sites (tertiary alicyclic amines) is 1. The highest BCUT2D eigenvalue weighted by molar-refractivity contribution is 7.09. The second-order valence-electron chi connectivity index (χ2n) is 3.28. The highest BCUT2D eigenvalue weighted by Crippen LogP contribution is 2.31. The zero-order valence-corrected chi connectivity index (χ0v) is 8.25. The summed E-state index contributed by atoms with van der Waals surface area (Å²) < 4.78 is 30.5. The summed E-state index contributed by atoms with van der Waals surface area (Å²) in [5.74, 6) is -2.50. The van der Waals surface area contributed by atoms with E-state index >= 15 is 0 Å². The van der Waals surface area contributed by atoms with E-state index in [1.165, 1.54) is 0 Å². The normalized spacial score (nSPS) is 30.5. The van der Waals surface area contributed by atoms with E-state index in [-0.39, 0.29) is 18.9 Å². The van der Waals surface area contributed by atoms with Crippen LogP contribution < -0.4 is 0 Å². The van der Waals surface area contributed by atoms with Gasteiger partial charge < -0.3 is 9.42 Å². The molecule has 72 valence electrons. The first-order chi connectivity index (χ1) is 5.55. The number of hydrogen-bond acceptors (Lipinski definition) is 2. The molecule has 1 rings (SSSR count). The van der Waals surface area contributed by atoms with E-state index < -0.39 is 5.92 Å². The summed E-state index contributed by atoms with van der Waals surface area (Å²) >= 11 is 0. The highest BCUT2D eigenvalue weighted by atomic mass is 31.0. The lowest BCUT2D eigenvalue weighted by Crippen LogP contribution is -2.46. The molecule has 1 aliphatic rings. The number of alkyl halides is 2. The van der Waals surface area contributed by atoms with Gasteiger partial charge in [-0.3, -0.25) is 0 Å². The number of nitrogens with zero attached hydrogens (tertiary/aromatic N) is 1. The van der Waals surface area contributed by atoms with E-state index in [2.05, 4.69) is 9.47 Å². The van der Waals surface area contributed by atoms with Gasteiger partial charge in [0.05, 0.1) is 6.61 Å². The van der Waals surface area contributed by atoms with Crippen LogP contribution in [0.15, 0.2) is 0 Å². The van der Waals surface area contributed by atoms with Crippen molar-refractivity contribution in [1.82, 2.24) is 4.90 Å². The van der Waals surface area contributed by atoms with E-state index in [1.54, 1.807) is 0 Å². The first-order valence-corrected chi connectivity index (χ1v) is 4.42. The summed E-state index contributed by atoms with van der Waals surface area (Å²) in [5.41, 5.74) is 0. The molecule has 1 fully saturated rings. The van der Waals surface area contributed by atoms with E-state index in [4.69, 9.17) is 4.52 Å². The fourth-order valence-corrected chi connectivity index (χ4v) is 1.64. The molecular weight excluding hydrogens is 183 g/mol. The molecule has 0 aromatic carbocycles. The van der Waals surface area contributed by atoms with Crippen molar-refractivity contribution in [3.8, 4) is 0 Å². The van der Waals surface area contributed by atoms with E-state index in [1.807, 2.05) is 11.9 Å². The maximum absolute atomic E-state index is 12.9. The highest BCUT2D eigenvalue weighted by Gasteiger charge is 2.38. The standard InChI is InChI=1S/C7H14F2NOP/c1-10-3-2-7(8,9)4-6(10)5-11-12/h6H,2-5,12H2,1H3. The van der Waals surface area contributed by atoms with Crippen molar-refractivity contribution in [2.45, 2.75) is 24.8 Å². The van der Waals surface area contributed by atoms with Gasteiger partial charge in [-0.15, -0.1) is 0 Å². The number of piperidine rings is 1. The second-order valence-corrected chi connectivity index (χ2v) is 3.61. The van der Waals surface area contributed by atoms with Gasteiger partial charge >= 0.3 is 0 Å². The average Bonchev–Trinajstić information content (AvgIpc) is 1.97. The molecule has 1 saturated heterocycles. The third kappa shape index (κ3) is 2.61. The summed E-state index contributed by atoms with van der Waals surface area (Å²) in [7, 11) is 3.94. The van der Waals surface area contributed by atoms with Crippen LogP contribution in [0.25, 0.3) is 0 Å². The molecule has 2 unspecified atom stereocenters. The predicted molar refractivity (Wildman–Crippen MR) is 46.3 cm³/mol. The van der Waals surface area contributed by atoms with Crippen molar-refractivity contribution in [2.24, 2.45) is 0 Å². The minimum atomic E-state index is -2.50. The molecule has 0 bridgehead atoms. The van der Waals surface area contributed by atoms with Gasteiger partial charge in [0.25, 0.3) is 5.92 Å². The number of hydrogen-bond donors (Lipinski definition) is 0. The zero-order valence-electron chi connectivity index (χ0n) is 7.09. The Hall–Kier alpha value is 0.210. The molecule has 0 spiro atoms. The van der Waals surface area contributed by atoms with E-state index in [0.29, 0.717) is 13.2 Å². The maximum atomic E-state index is 12.9. The summed E-state index contributed by atoms with van der Waals surface area (Å²) in [6, 6.07) is -0.147. The summed E-state index contributed by atoms with van der Waals surface area (Å²) in [6.45, 7) is 0.808. The molecule has 0 amide bonds. The lowest BCUT2D eigenvalue weighted by atomic mass is 10.00. The van der Waals surface area contributed by atoms with Crippen LogP contribution in [-0.4, -0.2) is 37.1 Å². The lowest BCUT2D eigenvalue weighted by molar-refractivity contribution is -0.0781. The predicted octanol–water partition coefficient (Wildman–Crippen LogP) is 1.52. The van der Waals surface area contributed by atoms with Gasteiger partial charge in [-0.25, -0.2) is 8.78 Å². The van der Waals surface area contributed by atoms with Crippen molar-refractivity contribution in [1.29, 1.82) is 0 Å². The van der Waals surface area contributed by atoms with Crippen molar-refractivity contribution < 1.29 is 13.3 Å². The Morgan fingerprint density at radius 2 is 2.33 bits per heavy atom. The molecule has 1 heterocycles. The molecule has 0 aromatic rings.